The van der Waals surface area contributed by atoms with E-state index in [-0.39, 0.29) is 25.5 Å². The van der Waals surface area contributed by atoms with Crippen molar-refractivity contribution >= 4 is 44.8 Å². The number of pyridine rings is 2. The van der Waals surface area contributed by atoms with Crippen LogP contribution in [0.2, 0.25) is 19.6 Å². The molecule has 0 fully saturated rings. The summed E-state index contributed by atoms with van der Waals surface area (Å²) >= 11 is 1.83. The van der Waals surface area contributed by atoms with Gasteiger partial charge in [-0.1, -0.05) is 136 Å². The minimum Gasteiger partial charge on any atom is -0.305 e. The Morgan fingerprint density at radius 1 is 0.648 bits per heavy atom. The van der Waals surface area contributed by atoms with E-state index < -0.39 is 8.07 Å². The average molecular weight is 915 g/mol. The first-order valence-corrected chi connectivity index (χ1v) is 22.7. The minimum absolute atomic E-state index is 0. The summed E-state index contributed by atoms with van der Waals surface area (Å²) in [6.45, 7) is 16.2. The van der Waals surface area contributed by atoms with Crippen molar-refractivity contribution in [2.45, 2.75) is 53.8 Å². The molecule has 0 saturated carbocycles. The third kappa shape index (κ3) is 8.88. The Kier molecular flexibility index (Phi) is 11.9. The third-order valence-electron chi connectivity index (χ3n) is 9.50. The summed E-state index contributed by atoms with van der Waals surface area (Å²) in [7, 11) is -1.37. The first-order chi connectivity index (χ1) is 25.4. The third-order valence-corrected chi connectivity index (χ3v) is 12.7. The molecule has 1 radical (unpaired) electrons. The van der Waals surface area contributed by atoms with Crippen LogP contribution in [0.1, 0.15) is 31.9 Å². The molecule has 0 N–H and O–H groups in total. The molecular weight excluding hydrogens is 869 g/mol. The second kappa shape index (κ2) is 16.5. The van der Waals surface area contributed by atoms with E-state index in [4.69, 9.17) is 9.97 Å². The maximum atomic E-state index is 4.85. The Hall–Kier alpha value is -4.51. The maximum absolute atomic E-state index is 4.85. The van der Waals surface area contributed by atoms with Gasteiger partial charge in [-0.2, -0.15) is 11.3 Å². The zero-order valence-electron chi connectivity index (χ0n) is 32.1. The van der Waals surface area contributed by atoms with E-state index in [1.54, 1.807) is 0 Å². The molecule has 5 aromatic carbocycles. The van der Waals surface area contributed by atoms with Gasteiger partial charge in [0.05, 0.1) is 8.07 Å². The van der Waals surface area contributed by atoms with Crippen molar-refractivity contribution in [1.29, 1.82) is 0 Å². The van der Waals surface area contributed by atoms with Gasteiger partial charge in [0, 0.05) is 42.8 Å². The number of hydrogen-bond donors (Lipinski definition) is 0. The van der Waals surface area contributed by atoms with Crippen molar-refractivity contribution in [3.8, 4) is 44.8 Å². The Bertz CT molecular complexity index is 2500. The maximum Gasteiger partial charge on any atom is 0.0798 e. The molecule has 0 atom stereocenters. The van der Waals surface area contributed by atoms with Gasteiger partial charge in [0.25, 0.3) is 0 Å². The van der Waals surface area contributed by atoms with Crippen LogP contribution < -0.4 is 5.19 Å². The van der Waals surface area contributed by atoms with Gasteiger partial charge in [0.15, 0.2) is 0 Å². The molecule has 0 bridgehead atoms. The van der Waals surface area contributed by atoms with E-state index in [0.29, 0.717) is 0 Å². The van der Waals surface area contributed by atoms with Crippen LogP contribution in [0.25, 0.3) is 64.9 Å². The SMILES string of the molecule is CC(C)(C)Cc1cc(-c2[c-]cccc2)ncc1[Si](C)(C)C.Cc1cc(-c2[c-]ccc3c2sc2cc(-c4ccccc4)ccc23)ncc1-c1ccccc1.[Ir]. The van der Waals surface area contributed by atoms with Crippen LogP contribution in [0.15, 0.2) is 140 Å². The standard InChI is InChI=1S/C30H20NS.C19H26NSi.Ir/c1-20-17-28(31-19-27(20)22-11-6-3-7-12-22)26-14-8-13-25-24-16-15-23(18-29(24)32-30(25)26)21-9-4-2-5-10-21;1-19(2,3)13-16-12-17(15-10-8-7-9-11-15)20-14-18(16)21(4,5)6;/h2-13,15-19H,1H3;7-10,12,14H,13H2,1-6H3;/q2*-1;. The summed E-state index contributed by atoms with van der Waals surface area (Å²) < 4.78 is 2.53. The second-order valence-electron chi connectivity index (χ2n) is 16.0. The number of thiophene rings is 1. The van der Waals surface area contributed by atoms with E-state index in [1.165, 1.54) is 58.7 Å². The van der Waals surface area contributed by atoms with Crippen molar-refractivity contribution in [2.24, 2.45) is 5.41 Å². The van der Waals surface area contributed by atoms with Gasteiger partial charge in [0.1, 0.15) is 0 Å². The van der Waals surface area contributed by atoms with Gasteiger partial charge >= 0.3 is 0 Å². The van der Waals surface area contributed by atoms with Gasteiger partial charge < -0.3 is 9.97 Å². The molecule has 8 aromatic rings. The van der Waals surface area contributed by atoms with Gasteiger partial charge in [-0.25, -0.2) is 0 Å². The smallest absolute Gasteiger partial charge is 0.0798 e. The molecule has 3 heterocycles. The van der Waals surface area contributed by atoms with Crippen molar-refractivity contribution in [1.82, 2.24) is 9.97 Å². The van der Waals surface area contributed by atoms with Crippen LogP contribution >= 0.6 is 11.3 Å². The Morgan fingerprint density at radius 2 is 1.33 bits per heavy atom. The molecular formula is C49H46IrN2SSi-2. The molecule has 0 aliphatic rings. The van der Waals surface area contributed by atoms with Crippen LogP contribution in [-0.4, -0.2) is 18.0 Å². The minimum atomic E-state index is -1.37. The fourth-order valence-corrected chi connectivity index (χ4v) is 9.77. The molecule has 5 heteroatoms. The first-order valence-electron chi connectivity index (χ1n) is 18.4. The molecule has 0 unspecified atom stereocenters. The quantitative estimate of drug-likeness (QED) is 0.123. The molecule has 0 amide bonds. The van der Waals surface area contributed by atoms with Crippen LogP contribution in [0.4, 0.5) is 0 Å². The molecule has 2 nitrogen and oxygen atoms in total. The molecule has 0 spiro atoms. The summed E-state index contributed by atoms with van der Waals surface area (Å²) in [6, 6.07) is 51.3. The summed E-state index contributed by atoms with van der Waals surface area (Å²) in [5.41, 5.74) is 12.0. The van der Waals surface area contributed by atoms with Gasteiger partial charge in [-0.3, -0.25) is 0 Å². The normalized spacial score (nSPS) is 11.5. The number of aromatic nitrogens is 2. The van der Waals surface area contributed by atoms with Crippen LogP contribution in [-0.2, 0) is 26.5 Å². The number of aryl methyl sites for hydroxylation is 1. The van der Waals surface area contributed by atoms with Crippen molar-refractivity contribution in [2.75, 3.05) is 0 Å². The van der Waals surface area contributed by atoms with Crippen LogP contribution in [0, 0.1) is 24.5 Å². The second-order valence-corrected chi connectivity index (χ2v) is 22.1. The van der Waals surface area contributed by atoms with Crippen molar-refractivity contribution in [3.05, 3.63) is 163 Å². The zero-order valence-corrected chi connectivity index (χ0v) is 36.3. The average Bonchev–Trinajstić information content (AvgIpc) is 3.53. The molecule has 8 rings (SSSR count). The molecule has 0 aliphatic carbocycles. The molecule has 3 aromatic heterocycles. The summed E-state index contributed by atoms with van der Waals surface area (Å²) in [5.74, 6) is 0. The van der Waals surface area contributed by atoms with Crippen molar-refractivity contribution < 1.29 is 20.1 Å². The van der Waals surface area contributed by atoms with Crippen LogP contribution in [0.5, 0.6) is 0 Å². The fraction of sp³-hybridized carbons (Fsp3) is 0.184. The topological polar surface area (TPSA) is 25.8 Å². The summed E-state index contributed by atoms with van der Waals surface area (Å²) in [6.07, 6.45) is 5.20. The van der Waals surface area contributed by atoms with Crippen molar-refractivity contribution in [3.63, 3.8) is 0 Å². The monoisotopic (exact) mass is 915 g/mol. The first kappa shape index (κ1) is 39.2. The Morgan fingerprint density at radius 3 is 1.98 bits per heavy atom. The predicted octanol–water partition coefficient (Wildman–Crippen LogP) is 13.2. The molecule has 54 heavy (non-hydrogen) atoms. The Labute approximate surface area is 339 Å². The van der Waals surface area contributed by atoms with Crippen LogP contribution in [0.3, 0.4) is 0 Å². The summed E-state index contributed by atoms with van der Waals surface area (Å²) in [5, 5.41) is 4.04. The predicted molar refractivity (Wildman–Crippen MR) is 232 cm³/mol. The van der Waals surface area contributed by atoms with Gasteiger partial charge in [0.2, 0.25) is 0 Å². The van der Waals surface area contributed by atoms with E-state index in [1.807, 2.05) is 47.9 Å². The van der Waals surface area contributed by atoms with E-state index in [2.05, 4.69) is 163 Å². The molecule has 273 valence electrons. The van der Waals surface area contributed by atoms with Gasteiger partial charge in [-0.05, 0) is 73.7 Å². The largest absolute Gasteiger partial charge is 0.305 e. The molecule has 0 saturated heterocycles. The van der Waals surface area contributed by atoms with E-state index in [9.17, 15) is 0 Å². The van der Waals surface area contributed by atoms with Gasteiger partial charge in [-0.15, -0.1) is 59.7 Å². The van der Waals surface area contributed by atoms with E-state index >= 15 is 0 Å². The summed E-state index contributed by atoms with van der Waals surface area (Å²) in [4.78, 5) is 9.56. The Balaban J connectivity index is 0.000000198. The van der Waals surface area contributed by atoms with E-state index in [0.717, 1.165) is 28.9 Å². The fourth-order valence-electron chi connectivity index (χ4n) is 6.94. The molecule has 0 aliphatic heterocycles. The zero-order chi connectivity index (χ0) is 37.2. The number of hydrogen-bond acceptors (Lipinski definition) is 3. The number of benzene rings is 5. The number of nitrogens with zero attached hydrogens (tertiary/aromatic N) is 2. The number of fused-ring (bicyclic) bond motifs is 3. The number of rotatable bonds is 6.